The first kappa shape index (κ1) is 9.73. The van der Waals surface area contributed by atoms with Crippen LogP contribution in [0.2, 0.25) is 0 Å². The van der Waals surface area contributed by atoms with E-state index in [2.05, 4.69) is 9.97 Å². The van der Waals surface area contributed by atoms with Crippen molar-refractivity contribution in [2.45, 2.75) is 0 Å². The van der Waals surface area contributed by atoms with Crippen LogP contribution in [-0.2, 0) is 0 Å². The molecule has 3 nitrogen and oxygen atoms in total. The Hall–Kier alpha value is -1.81. The Bertz CT molecular complexity index is 511. The molecule has 76 valence electrons. The van der Waals surface area contributed by atoms with E-state index >= 15 is 0 Å². The van der Waals surface area contributed by atoms with E-state index in [0.29, 0.717) is 11.1 Å². The van der Waals surface area contributed by atoms with Gasteiger partial charge in [0.1, 0.15) is 5.83 Å². The summed E-state index contributed by atoms with van der Waals surface area (Å²) in [6, 6.07) is 5.21. The summed E-state index contributed by atoms with van der Waals surface area (Å²) in [7, 11) is 0. The molecule has 4 heteroatoms. The summed E-state index contributed by atoms with van der Waals surface area (Å²) in [6.45, 7) is -0.585. The number of aromatic nitrogens is 2. The van der Waals surface area contributed by atoms with Crippen molar-refractivity contribution >= 4 is 17.1 Å². The first-order valence-corrected chi connectivity index (χ1v) is 4.47. The van der Waals surface area contributed by atoms with Gasteiger partial charge in [0.2, 0.25) is 0 Å². The Morgan fingerprint density at radius 1 is 1.27 bits per heavy atom. The summed E-state index contributed by atoms with van der Waals surface area (Å²) in [4.78, 5) is 8.19. The molecule has 0 aliphatic rings. The second kappa shape index (κ2) is 4.14. The monoisotopic (exact) mass is 204 g/mol. The van der Waals surface area contributed by atoms with Crippen LogP contribution in [0.4, 0.5) is 4.39 Å². The molecule has 0 spiro atoms. The zero-order valence-electron chi connectivity index (χ0n) is 7.89. The van der Waals surface area contributed by atoms with Gasteiger partial charge < -0.3 is 5.11 Å². The highest BCUT2D eigenvalue weighted by atomic mass is 19.1. The molecule has 0 atom stereocenters. The Balaban J connectivity index is 2.47. The van der Waals surface area contributed by atoms with Gasteiger partial charge in [0, 0.05) is 12.4 Å². The smallest absolute Gasteiger partial charge is 0.126 e. The molecule has 0 aliphatic heterocycles. The van der Waals surface area contributed by atoms with Crippen LogP contribution in [0.15, 0.2) is 36.4 Å². The highest BCUT2D eigenvalue weighted by Crippen LogP contribution is 2.13. The van der Waals surface area contributed by atoms with Gasteiger partial charge in [-0.25, -0.2) is 4.39 Å². The molecule has 15 heavy (non-hydrogen) atoms. The number of hydrogen-bond acceptors (Lipinski definition) is 3. The Morgan fingerprint density at radius 2 is 2.00 bits per heavy atom. The number of aliphatic hydroxyl groups excluding tert-OH is 1. The predicted molar refractivity (Wildman–Crippen MR) is 55.7 cm³/mol. The number of aliphatic hydroxyl groups is 1. The molecule has 1 aromatic carbocycles. The van der Waals surface area contributed by atoms with Crippen molar-refractivity contribution in [2.75, 3.05) is 6.61 Å². The molecule has 1 aromatic heterocycles. The van der Waals surface area contributed by atoms with Crippen LogP contribution in [-0.4, -0.2) is 21.7 Å². The number of halogens is 1. The molecule has 0 bridgehead atoms. The number of nitrogens with zero attached hydrogens (tertiary/aromatic N) is 2. The zero-order valence-corrected chi connectivity index (χ0v) is 7.89. The topological polar surface area (TPSA) is 46.0 Å². The van der Waals surface area contributed by atoms with E-state index in [1.807, 2.05) is 0 Å². The largest absolute Gasteiger partial charge is 0.389 e. The normalized spacial score (nSPS) is 12.0. The van der Waals surface area contributed by atoms with Gasteiger partial charge in [-0.2, -0.15) is 0 Å². The van der Waals surface area contributed by atoms with Crippen LogP contribution in [0.5, 0.6) is 0 Å². The average molecular weight is 204 g/mol. The van der Waals surface area contributed by atoms with Crippen LogP contribution in [0.25, 0.3) is 17.1 Å². The molecule has 1 heterocycles. The second-order valence-corrected chi connectivity index (χ2v) is 3.05. The van der Waals surface area contributed by atoms with Crippen LogP contribution in [0.3, 0.4) is 0 Å². The zero-order chi connectivity index (χ0) is 10.7. The van der Waals surface area contributed by atoms with Gasteiger partial charge in [0.15, 0.2) is 0 Å². The lowest BCUT2D eigenvalue weighted by atomic mass is 10.2. The lowest BCUT2D eigenvalue weighted by Gasteiger charge is -1.97. The van der Waals surface area contributed by atoms with Gasteiger partial charge in [0.25, 0.3) is 0 Å². The Morgan fingerprint density at radius 3 is 2.73 bits per heavy atom. The maximum Gasteiger partial charge on any atom is 0.126 e. The fraction of sp³-hybridized carbons (Fsp3) is 0.0909. The first-order valence-electron chi connectivity index (χ1n) is 4.47. The number of fused-ring (bicyclic) bond motifs is 1. The summed E-state index contributed by atoms with van der Waals surface area (Å²) in [6.07, 6.45) is 4.46. The summed E-state index contributed by atoms with van der Waals surface area (Å²) in [5.74, 6) is -0.571. The molecular weight excluding hydrogens is 195 g/mol. The van der Waals surface area contributed by atoms with Gasteiger partial charge in [-0.05, 0) is 23.8 Å². The fourth-order valence-electron chi connectivity index (χ4n) is 1.30. The summed E-state index contributed by atoms with van der Waals surface area (Å²) >= 11 is 0. The number of benzene rings is 1. The van der Waals surface area contributed by atoms with Crippen molar-refractivity contribution in [3.63, 3.8) is 0 Å². The van der Waals surface area contributed by atoms with Crippen molar-refractivity contribution in [3.8, 4) is 0 Å². The van der Waals surface area contributed by atoms with Crippen molar-refractivity contribution in [1.29, 1.82) is 0 Å². The van der Waals surface area contributed by atoms with E-state index in [1.54, 1.807) is 30.6 Å². The Kier molecular flexibility index (Phi) is 2.69. The van der Waals surface area contributed by atoms with Gasteiger partial charge in [0.05, 0.1) is 17.6 Å². The van der Waals surface area contributed by atoms with E-state index < -0.39 is 12.4 Å². The predicted octanol–water partition coefficient (Wildman–Crippen LogP) is 1.93. The minimum Gasteiger partial charge on any atom is -0.389 e. The summed E-state index contributed by atoms with van der Waals surface area (Å²) in [5.41, 5.74) is 2.13. The maximum absolute atomic E-state index is 12.8. The highest BCUT2D eigenvalue weighted by Gasteiger charge is 1.97. The van der Waals surface area contributed by atoms with Crippen LogP contribution < -0.4 is 0 Å². The third-order valence-corrected chi connectivity index (χ3v) is 1.97. The molecule has 0 saturated heterocycles. The number of hydrogen-bond donors (Lipinski definition) is 1. The standard InChI is InChI=1S/C11H9FN2O/c12-9(7-15)5-8-1-2-10-11(6-8)14-4-3-13-10/h1-6,15H,7H2/b9-5-. The molecule has 2 aromatic rings. The molecule has 2 rings (SSSR count). The summed E-state index contributed by atoms with van der Waals surface area (Å²) < 4.78 is 12.8. The Labute approximate surface area is 85.9 Å². The van der Waals surface area contributed by atoms with Gasteiger partial charge in [-0.3, -0.25) is 9.97 Å². The van der Waals surface area contributed by atoms with E-state index in [1.165, 1.54) is 6.08 Å². The van der Waals surface area contributed by atoms with Gasteiger partial charge in [-0.15, -0.1) is 0 Å². The third-order valence-electron chi connectivity index (χ3n) is 1.97. The molecular formula is C11H9FN2O. The van der Waals surface area contributed by atoms with Gasteiger partial charge >= 0.3 is 0 Å². The minimum atomic E-state index is -0.585. The van der Waals surface area contributed by atoms with Crippen LogP contribution in [0.1, 0.15) is 5.56 Å². The molecule has 0 saturated carbocycles. The van der Waals surface area contributed by atoms with E-state index in [4.69, 9.17) is 5.11 Å². The molecule has 0 amide bonds. The third kappa shape index (κ3) is 2.16. The minimum absolute atomic E-state index is 0.571. The van der Waals surface area contributed by atoms with Crippen LogP contribution >= 0.6 is 0 Å². The number of rotatable bonds is 2. The lowest BCUT2D eigenvalue weighted by Crippen LogP contribution is -1.85. The quantitative estimate of drug-likeness (QED) is 0.813. The van der Waals surface area contributed by atoms with E-state index in [0.717, 1.165) is 5.52 Å². The molecule has 0 radical (unpaired) electrons. The molecule has 0 aliphatic carbocycles. The van der Waals surface area contributed by atoms with Crippen molar-refractivity contribution < 1.29 is 9.50 Å². The molecule has 1 N–H and O–H groups in total. The van der Waals surface area contributed by atoms with Crippen molar-refractivity contribution in [1.82, 2.24) is 9.97 Å². The maximum atomic E-state index is 12.8. The van der Waals surface area contributed by atoms with E-state index in [-0.39, 0.29) is 0 Å². The summed E-state index contributed by atoms with van der Waals surface area (Å²) in [5, 5.41) is 8.54. The fourth-order valence-corrected chi connectivity index (χ4v) is 1.30. The molecule has 0 unspecified atom stereocenters. The first-order chi connectivity index (χ1) is 7.29. The van der Waals surface area contributed by atoms with Crippen molar-refractivity contribution in [2.24, 2.45) is 0 Å². The van der Waals surface area contributed by atoms with Crippen molar-refractivity contribution in [3.05, 3.63) is 42.0 Å². The SMILES string of the molecule is OC/C(F)=C/c1ccc2nccnc2c1. The molecule has 0 fully saturated rings. The second-order valence-electron chi connectivity index (χ2n) is 3.05. The average Bonchev–Trinajstić information content (AvgIpc) is 2.29. The van der Waals surface area contributed by atoms with Crippen LogP contribution in [0, 0.1) is 0 Å². The lowest BCUT2D eigenvalue weighted by molar-refractivity contribution is 0.300. The highest BCUT2D eigenvalue weighted by molar-refractivity contribution is 5.77. The van der Waals surface area contributed by atoms with Gasteiger partial charge in [-0.1, -0.05) is 6.07 Å². The van der Waals surface area contributed by atoms with E-state index in [9.17, 15) is 4.39 Å².